The summed E-state index contributed by atoms with van der Waals surface area (Å²) in [6.45, 7) is -1.96. The number of rotatable bonds is 8. The number of carbonyl (C=O) groups is 2. The van der Waals surface area contributed by atoms with Crippen LogP contribution in [0.3, 0.4) is 0 Å². The first kappa shape index (κ1) is 30.1. The highest BCUT2D eigenvalue weighted by Crippen LogP contribution is 2.50. The van der Waals surface area contributed by atoms with Gasteiger partial charge in [-0.2, -0.15) is 13.9 Å². The number of hydrogen-bond acceptors (Lipinski definition) is 6. The van der Waals surface area contributed by atoms with E-state index in [4.69, 9.17) is 33.7 Å². The molecule has 0 saturated heterocycles. The van der Waals surface area contributed by atoms with Gasteiger partial charge in [0.15, 0.2) is 5.82 Å². The van der Waals surface area contributed by atoms with E-state index in [9.17, 15) is 27.9 Å². The van der Waals surface area contributed by atoms with Crippen LogP contribution in [0.1, 0.15) is 47.9 Å². The fourth-order valence-corrected chi connectivity index (χ4v) is 5.79. The summed E-state index contributed by atoms with van der Waals surface area (Å²) in [6, 6.07) is 6.09. The van der Waals surface area contributed by atoms with Crippen molar-refractivity contribution >= 4 is 45.9 Å². The molecule has 1 fully saturated rings. The van der Waals surface area contributed by atoms with Crippen molar-refractivity contribution in [3.63, 3.8) is 0 Å². The smallest absolute Gasteiger partial charge is 0.333 e. The van der Waals surface area contributed by atoms with Gasteiger partial charge in [0.05, 0.1) is 17.3 Å². The average molecular weight is 652 g/mol. The summed E-state index contributed by atoms with van der Waals surface area (Å²) in [4.78, 5) is 30.3. The highest BCUT2D eigenvalue weighted by Gasteiger charge is 2.50. The van der Waals surface area contributed by atoms with Crippen LogP contribution < -0.4 is 15.8 Å². The van der Waals surface area contributed by atoms with Crippen molar-refractivity contribution in [2.75, 3.05) is 13.2 Å². The summed E-state index contributed by atoms with van der Waals surface area (Å²) >= 11 is 12.1. The molecule has 3 heterocycles. The Morgan fingerprint density at radius 3 is 2.64 bits per heavy atom. The molecular formula is C29H23Cl2F4N5O4. The van der Waals surface area contributed by atoms with Crippen LogP contribution in [-0.4, -0.2) is 44.8 Å². The molecule has 6 rings (SSSR count). The van der Waals surface area contributed by atoms with E-state index < -0.39 is 46.0 Å². The lowest BCUT2D eigenvalue weighted by Crippen LogP contribution is -2.44. The van der Waals surface area contributed by atoms with Crippen LogP contribution in [0.5, 0.6) is 5.75 Å². The van der Waals surface area contributed by atoms with Crippen molar-refractivity contribution in [1.82, 2.24) is 20.1 Å². The minimum atomic E-state index is -2.91. The van der Waals surface area contributed by atoms with Crippen molar-refractivity contribution in [3.05, 3.63) is 75.0 Å². The predicted molar refractivity (Wildman–Crippen MR) is 152 cm³/mol. The minimum Gasteiger partial charge on any atom is -0.489 e. The molecule has 2 aliphatic rings. The Labute approximate surface area is 256 Å². The van der Waals surface area contributed by atoms with Crippen molar-refractivity contribution in [3.8, 4) is 17.0 Å². The summed E-state index contributed by atoms with van der Waals surface area (Å²) in [5, 5.41) is 17.8. The minimum absolute atomic E-state index is 0.0152. The zero-order valence-electron chi connectivity index (χ0n) is 22.8. The van der Waals surface area contributed by atoms with Crippen LogP contribution in [0.2, 0.25) is 10.0 Å². The Morgan fingerprint density at radius 2 is 1.98 bits per heavy atom. The highest BCUT2D eigenvalue weighted by atomic mass is 35.5. The van der Waals surface area contributed by atoms with E-state index in [1.807, 2.05) is 0 Å². The molecule has 9 nitrogen and oxygen atoms in total. The molecule has 2 atom stereocenters. The van der Waals surface area contributed by atoms with Gasteiger partial charge in [0, 0.05) is 28.3 Å². The van der Waals surface area contributed by atoms with Crippen molar-refractivity contribution in [2.45, 2.75) is 37.3 Å². The second-order valence-corrected chi connectivity index (χ2v) is 11.9. The van der Waals surface area contributed by atoms with E-state index >= 15 is 4.39 Å². The van der Waals surface area contributed by atoms with Gasteiger partial charge in [-0.25, -0.2) is 18.4 Å². The Kier molecular flexibility index (Phi) is 7.25. The lowest BCUT2D eigenvalue weighted by molar-refractivity contribution is -0.123. The molecule has 1 aliphatic carbocycles. The van der Waals surface area contributed by atoms with Gasteiger partial charge in [-0.3, -0.25) is 9.59 Å². The van der Waals surface area contributed by atoms with Gasteiger partial charge in [-0.05, 0) is 56.0 Å². The number of ether oxygens (including phenoxy) is 1. The molecule has 0 radical (unpaired) electrons. The number of aromatic nitrogens is 3. The van der Waals surface area contributed by atoms with Crippen molar-refractivity contribution < 1.29 is 37.0 Å². The molecule has 1 saturated carbocycles. The van der Waals surface area contributed by atoms with Gasteiger partial charge in [-0.1, -0.05) is 23.2 Å². The fourth-order valence-electron chi connectivity index (χ4n) is 5.36. The number of hydrogen-bond donors (Lipinski definition) is 3. The second kappa shape index (κ2) is 10.6. The number of benzene rings is 2. The van der Waals surface area contributed by atoms with E-state index in [0.29, 0.717) is 17.5 Å². The number of nitrogens with two attached hydrogens (primary N) is 1. The first-order valence-electron chi connectivity index (χ1n) is 13.3. The maximum Gasteiger partial charge on any atom is 0.333 e. The molecule has 0 bridgehead atoms. The van der Waals surface area contributed by atoms with Crippen LogP contribution >= 0.6 is 23.2 Å². The number of pyridine rings is 1. The van der Waals surface area contributed by atoms with Gasteiger partial charge in [-0.15, -0.1) is 0 Å². The Balaban J connectivity index is 1.41. The van der Waals surface area contributed by atoms with E-state index in [2.05, 4.69) is 15.4 Å². The van der Waals surface area contributed by atoms with E-state index in [0.717, 1.165) is 18.3 Å². The third-order valence-electron chi connectivity index (χ3n) is 8.16. The molecular weight excluding hydrogens is 629 g/mol. The number of alkyl halides is 2. The zero-order chi connectivity index (χ0) is 31.7. The second-order valence-electron chi connectivity index (χ2n) is 11.1. The number of halogens is 6. The molecule has 15 heteroatoms. The van der Waals surface area contributed by atoms with Gasteiger partial charge in [0.25, 0.3) is 5.91 Å². The molecule has 230 valence electrons. The molecule has 1 aliphatic heterocycles. The van der Waals surface area contributed by atoms with Crippen LogP contribution in [-0.2, 0) is 15.8 Å². The largest absolute Gasteiger partial charge is 0.489 e. The molecule has 2 aromatic carbocycles. The third-order valence-corrected chi connectivity index (χ3v) is 8.80. The van der Waals surface area contributed by atoms with Gasteiger partial charge in [0.2, 0.25) is 5.91 Å². The topological polar surface area (TPSA) is 132 Å². The first-order chi connectivity index (χ1) is 20.7. The quantitative estimate of drug-likeness (QED) is 0.176. The molecule has 44 heavy (non-hydrogen) atoms. The number of fused-ring (bicyclic) bond motifs is 2. The number of amides is 2. The number of nitrogens with one attached hydrogen (secondary N) is 1. The highest BCUT2D eigenvalue weighted by molar-refractivity contribution is 6.35. The standard InChI is InChI=1S/C29H23Cl2F4N5O4/c1-28(26(36)42)11-44-24-16(28)8-19(38-23(24)15-4-5-18(32)20(31)21(15)33)29(43,14-2-3-14)10-37-25(41)12-6-13-9-40(27(34)35)39-22(13)17(30)7-12/h4-9,14,27,43H,2-3,10-11H2,1H3,(H2,36,42)(H,37,41)/t28-,29?/m0/s1. The zero-order valence-corrected chi connectivity index (χ0v) is 24.3. The van der Waals surface area contributed by atoms with E-state index in [1.54, 1.807) is 0 Å². The van der Waals surface area contributed by atoms with Gasteiger partial charge < -0.3 is 20.9 Å². The summed E-state index contributed by atoms with van der Waals surface area (Å²) in [7, 11) is 0. The van der Waals surface area contributed by atoms with Crippen molar-refractivity contribution in [1.29, 1.82) is 0 Å². The fraction of sp³-hybridized carbons (Fsp3) is 0.310. The van der Waals surface area contributed by atoms with Crippen LogP contribution in [0.15, 0.2) is 36.5 Å². The summed E-state index contributed by atoms with van der Waals surface area (Å²) in [6.07, 6.45) is 2.18. The Morgan fingerprint density at radius 1 is 1.25 bits per heavy atom. The summed E-state index contributed by atoms with van der Waals surface area (Å²) in [5.74, 6) is -3.92. The average Bonchev–Trinajstić information content (AvgIpc) is 3.66. The SMILES string of the molecule is C[C@]1(C(N)=O)COc2c1cc(C(O)(CNC(=O)c1cc(Cl)c3nn(C(F)F)cc3c1)C1CC1)nc2-c1ccc(F)c(Cl)c1F. The Bertz CT molecular complexity index is 1870. The third kappa shape index (κ3) is 4.83. The maximum atomic E-state index is 15.3. The Hall–Kier alpha value is -3.94. The molecule has 4 N–H and O–H groups in total. The van der Waals surface area contributed by atoms with E-state index in [1.165, 1.54) is 25.1 Å². The maximum absolute atomic E-state index is 15.3. The number of carbonyl (C=O) groups excluding carboxylic acids is 2. The number of nitrogens with zero attached hydrogens (tertiary/aromatic N) is 3. The van der Waals surface area contributed by atoms with Crippen LogP contribution in [0, 0.1) is 17.6 Å². The molecule has 2 aromatic heterocycles. The predicted octanol–water partition coefficient (Wildman–Crippen LogP) is 5.24. The number of aliphatic hydroxyl groups is 1. The summed E-state index contributed by atoms with van der Waals surface area (Å²) in [5.41, 5.74) is 2.44. The lowest BCUT2D eigenvalue weighted by atomic mass is 9.81. The van der Waals surface area contributed by atoms with Crippen LogP contribution in [0.4, 0.5) is 17.6 Å². The normalized spacial score (nSPS) is 19.1. The van der Waals surface area contributed by atoms with E-state index in [-0.39, 0.29) is 68.8 Å². The first-order valence-corrected chi connectivity index (χ1v) is 14.1. The van der Waals surface area contributed by atoms with Crippen LogP contribution in [0.25, 0.3) is 22.2 Å². The monoisotopic (exact) mass is 651 g/mol. The molecule has 4 aromatic rings. The number of primary amides is 1. The molecule has 1 unspecified atom stereocenters. The molecule has 2 amide bonds. The molecule has 0 spiro atoms. The lowest BCUT2D eigenvalue weighted by Gasteiger charge is -2.30. The van der Waals surface area contributed by atoms with Crippen molar-refractivity contribution in [2.24, 2.45) is 11.7 Å². The van der Waals surface area contributed by atoms with Gasteiger partial charge >= 0.3 is 6.55 Å². The van der Waals surface area contributed by atoms with Gasteiger partial charge in [0.1, 0.15) is 45.4 Å². The summed E-state index contributed by atoms with van der Waals surface area (Å²) < 4.78 is 61.7.